The van der Waals surface area contributed by atoms with Gasteiger partial charge in [0.25, 0.3) is 5.91 Å². The zero-order valence-corrected chi connectivity index (χ0v) is 13.3. The number of rotatable bonds is 2. The van der Waals surface area contributed by atoms with Crippen LogP contribution >= 0.6 is 0 Å². The number of anilines is 1. The summed E-state index contributed by atoms with van der Waals surface area (Å²) in [6.45, 7) is 3.59. The molecule has 6 heteroatoms. The maximum absolute atomic E-state index is 11.5. The first-order valence-electron chi connectivity index (χ1n) is 7.62. The van der Waals surface area contributed by atoms with Gasteiger partial charge in [-0.05, 0) is 44.6 Å². The lowest BCUT2D eigenvalue weighted by molar-refractivity contribution is -0.116. The van der Waals surface area contributed by atoms with E-state index < -0.39 is 0 Å². The van der Waals surface area contributed by atoms with Gasteiger partial charge in [0.1, 0.15) is 17.2 Å². The average Bonchev–Trinajstić information content (AvgIpc) is 2.87. The summed E-state index contributed by atoms with van der Waals surface area (Å²) in [5, 5.41) is 2.93. The Labute approximate surface area is 134 Å². The lowest BCUT2D eigenvalue weighted by atomic mass is 9.94. The Morgan fingerprint density at radius 3 is 3.04 bits per heavy atom. The van der Waals surface area contributed by atoms with Crippen LogP contribution in [0.4, 0.5) is 5.82 Å². The second-order valence-corrected chi connectivity index (χ2v) is 5.60. The van der Waals surface area contributed by atoms with Gasteiger partial charge in [0, 0.05) is 18.4 Å². The highest BCUT2D eigenvalue weighted by molar-refractivity contribution is 5.93. The van der Waals surface area contributed by atoms with E-state index in [9.17, 15) is 4.79 Å². The van der Waals surface area contributed by atoms with Crippen LogP contribution in [-0.4, -0.2) is 26.3 Å². The van der Waals surface area contributed by atoms with Crippen LogP contribution < -0.4 is 11.1 Å². The number of carbonyl (C=O) groups excluding carboxylic acids is 1. The van der Waals surface area contributed by atoms with Crippen LogP contribution in [0.25, 0.3) is 11.1 Å². The Kier molecular flexibility index (Phi) is 4.02. The number of aryl methyl sites for hydroxylation is 1. The number of nitrogens with two attached hydrogens (primary N) is 1. The Bertz CT molecular complexity index is 853. The van der Waals surface area contributed by atoms with Gasteiger partial charge in [-0.3, -0.25) is 9.20 Å². The highest BCUT2D eigenvalue weighted by atomic mass is 16.1. The second kappa shape index (κ2) is 6.13. The Balaban J connectivity index is 1.84. The van der Waals surface area contributed by atoms with Crippen molar-refractivity contribution in [3.8, 4) is 11.8 Å². The number of carbonyl (C=O) groups is 1. The van der Waals surface area contributed by atoms with Gasteiger partial charge in [-0.1, -0.05) is 12.0 Å². The molecule has 23 heavy (non-hydrogen) atoms. The molecule has 0 saturated carbocycles. The molecule has 2 heterocycles. The minimum atomic E-state index is -0.213. The summed E-state index contributed by atoms with van der Waals surface area (Å²) < 4.78 is 1.99. The number of nitrogen functional groups attached to an aromatic ring is 1. The average molecular weight is 309 g/mol. The van der Waals surface area contributed by atoms with E-state index in [-0.39, 0.29) is 11.9 Å². The minimum absolute atomic E-state index is 0.131. The van der Waals surface area contributed by atoms with Crippen LogP contribution in [0.15, 0.2) is 18.5 Å². The molecule has 3 rings (SSSR count). The molecule has 118 valence electrons. The predicted octanol–water partition coefficient (Wildman–Crippen LogP) is 1.70. The first-order chi connectivity index (χ1) is 11.1. The number of hydrogen-bond acceptors (Lipinski definition) is 4. The Morgan fingerprint density at radius 2 is 2.35 bits per heavy atom. The standard InChI is InChI=1S/C17H19N5O/c1-3-4-14(23)21-13-7-5-12(6-8-13)17-20-11(2)15-16(18)19-9-10-22(15)17/h5,9-10,13H,6-8H2,1-2H3,(H2,18,19)(H,21,23). The summed E-state index contributed by atoms with van der Waals surface area (Å²) >= 11 is 0. The largest absolute Gasteiger partial charge is 0.382 e. The van der Waals surface area contributed by atoms with E-state index in [2.05, 4.69) is 33.2 Å². The second-order valence-electron chi connectivity index (χ2n) is 5.60. The van der Waals surface area contributed by atoms with E-state index in [1.54, 1.807) is 13.1 Å². The van der Waals surface area contributed by atoms with Crippen molar-refractivity contribution in [2.24, 2.45) is 0 Å². The van der Waals surface area contributed by atoms with Crippen LogP contribution in [-0.2, 0) is 4.79 Å². The molecule has 0 spiro atoms. The van der Waals surface area contributed by atoms with Crippen molar-refractivity contribution in [2.75, 3.05) is 5.73 Å². The zero-order chi connectivity index (χ0) is 16.4. The van der Waals surface area contributed by atoms with Gasteiger partial charge in [-0.15, -0.1) is 0 Å². The summed E-state index contributed by atoms with van der Waals surface area (Å²) in [6, 6.07) is 0.131. The monoisotopic (exact) mass is 309 g/mol. The van der Waals surface area contributed by atoms with E-state index in [0.717, 1.165) is 36.3 Å². The molecular weight excluding hydrogens is 290 g/mol. The fourth-order valence-electron chi connectivity index (χ4n) is 2.97. The molecule has 1 atom stereocenters. The van der Waals surface area contributed by atoms with Gasteiger partial charge in [0.2, 0.25) is 0 Å². The van der Waals surface area contributed by atoms with Crippen LogP contribution in [0.3, 0.4) is 0 Å². The highest BCUT2D eigenvalue weighted by Crippen LogP contribution is 2.29. The molecule has 1 unspecified atom stereocenters. The number of nitrogens with zero attached hydrogens (tertiary/aromatic N) is 3. The quantitative estimate of drug-likeness (QED) is 0.827. The van der Waals surface area contributed by atoms with Crippen LogP contribution in [0.2, 0.25) is 0 Å². The van der Waals surface area contributed by atoms with Crippen molar-refractivity contribution in [1.82, 2.24) is 19.7 Å². The smallest absolute Gasteiger partial charge is 0.296 e. The van der Waals surface area contributed by atoms with Crippen molar-refractivity contribution in [3.05, 3.63) is 30.0 Å². The van der Waals surface area contributed by atoms with Crippen LogP contribution in [0.5, 0.6) is 0 Å². The minimum Gasteiger partial charge on any atom is -0.382 e. The van der Waals surface area contributed by atoms with Crippen molar-refractivity contribution < 1.29 is 4.79 Å². The molecule has 0 fully saturated rings. The number of amides is 1. The summed E-state index contributed by atoms with van der Waals surface area (Å²) in [6.07, 6.45) is 8.21. The van der Waals surface area contributed by atoms with Crippen molar-refractivity contribution in [1.29, 1.82) is 0 Å². The highest BCUT2D eigenvalue weighted by Gasteiger charge is 2.20. The van der Waals surface area contributed by atoms with Crippen LogP contribution in [0, 0.1) is 18.8 Å². The molecule has 2 aromatic heterocycles. The Morgan fingerprint density at radius 1 is 1.52 bits per heavy atom. The molecule has 1 aliphatic carbocycles. The third-order valence-corrected chi connectivity index (χ3v) is 4.03. The normalized spacial score (nSPS) is 17.3. The zero-order valence-electron chi connectivity index (χ0n) is 13.3. The first kappa shape index (κ1) is 15.1. The maximum atomic E-state index is 11.5. The molecule has 0 radical (unpaired) electrons. The van der Waals surface area contributed by atoms with E-state index in [4.69, 9.17) is 5.73 Å². The number of nitrogens with one attached hydrogen (secondary N) is 1. The number of hydrogen-bond donors (Lipinski definition) is 2. The van der Waals surface area contributed by atoms with Gasteiger partial charge >= 0.3 is 0 Å². The maximum Gasteiger partial charge on any atom is 0.296 e. The van der Waals surface area contributed by atoms with E-state index in [0.29, 0.717) is 5.82 Å². The molecule has 0 saturated heterocycles. The molecular formula is C17H19N5O. The third kappa shape index (κ3) is 2.90. The lowest BCUT2D eigenvalue weighted by Gasteiger charge is -2.21. The molecule has 1 amide bonds. The molecule has 2 aromatic rings. The van der Waals surface area contributed by atoms with Gasteiger partial charge in [0.05, 0.1) is 5.69 Å². The molecule has 3 N–H and O–H groups in total. The van der Waals surface area contributed by atoms with E-state index in [1.165, 1.54) is 5.57 Å². The topological polar surface area (TPSA) is 85.3 Å². The number of aromatic nitrogens is 3. The predicted molar refractivity (Wildman–Crippen MR) is 89.3 cm³/mol. The Hall–Kier alpha value is -2.81. The number of imidazole rings is 1. The number of fused-ring (bicyclic) bond motifs is 1. The molecule has 0 aromatic carbocycles. The lowest BCUT2D eigenvalue weighted by Crippen LogP contribution is -2.34. The van der Waals surface area contributed by atoms with E-state index in [1.807, 2.05) is 17.5 Å². The van der Waals surface area contributed by atoms with Crippen molar-refractivity contribution in [2.45, 2.75) is 39.2 Å². The van der Waals surface area contributed by atoms with E-state index >= 15 is 0 Å². The fraction of sp³-hybridized carbons (Fsp3) is 0.353. The summed E-state index contributed by atoms with van der Waals surface area (Å²) in [7, 11) is 0. The third-order valence-electron chi connectivity index (χ3n) is 4.03. The molecule has 0 aliphatic heterocycles. The first-order valence-corrected chi connectivity index (χ1v) is 7.62. The van der Waals surface area contributed by atoms with Crippen LogP contribution in [0.1, 0.15) is 37.7 Å². The summed E-state index contributed by atoms with van der Waals surface area (Å²) in [4.78, 5) is 20.3. The molecule has 0 bridgehead atoms. The SMILES string of the molecule is CC#CC(=O)NC1CC=C(c2nc(C)c3c(N)nccn23)CC1. The van der Waals surface area contributed by atoms with Gasteiger partial charge in [-0.2, -0.15) is 0 Å². The summed E-state index contributed by atoms with van der Waals surface area (Å²) in [5.41, 5.74) is 8.86. The van der Waals surface area contributed by atoms with Gasteiger partial charge in [-0.25, -0.2) is 9.97 Å². The molecule has 1 aliphatic rings. The van der Waals surface area contributed by atoms with Crippen molar-refractivity contribution >= 4 is 22.8 Å². The van der Waals surface area contributed by atoms with Gasteiger partial charge < -0.3 is 11.1 Å². The van der Waals surface area contributed by atoms with Crippen molar-refractivity contribution in [3.63, 3.8) is 0 Å². The fourth-order valence-corrected chi connectivity index (χ4v) is 2.97. The van der Waals surface area contributed by atoms with Gasteiger partial charge in [0.15, 0.2) is 0 Å². The molecule has 6 nitrogen and oxygen atoms in total. The number of allylic oxidation sites excluding steroid dienone is 1. The summed E-state index contributed by atoms with van der Waals surface area (Å²) in [5.74, 6) is 6.31.